The number of nitrogen functional groups attached to an aromatic ring is 1. The van der Waals surface area contributed by atoms with Crippen LogP contribution in [0.2, 0.25) is 0 Å². The molecule has 1 aliphatic heterocycles. The quantitative estimate of drug-likeness (QED) is 0.922. The molecule has 0 aliphatic carbocycles. The van der Waals surface area contributed by atoms with Gasteiger partial charge in [-0.05, 0) is 36.8 Å². The zero-order chi connectivity index (χ0) is 14.7. The Labute approximate surface area is 121 Å². The maximum atomic E-state index is 12.6. The molecule has 0 aromatic carbocycles. The van der Waals surface area contributed by atoms with Crippen LogP contribution in [0.1, 0.15) is 62.0 Å². The summed E-state index contributed by atoms with van der Waals surface area (Å²) in [6.45, 7) is 8.05. The van der Waals surface area contributed by atoms with Crippen molar-refractivity contribution in [2.24, 2.45) is 5.92 Å². The van der Waals surface area contributed by atoms with Gasteiger partial charge in [-0.2, -0.15) is 0 Å². The number of hydrogen-bond donors (Lipinski definition) is 1. The molecule has 1 fully saturated rings. The Hall–Kier alpha value is -1.58. The first-order valence-corrected chi connectivity index (χ1v) is 7.58. The van der Waals surface area contributed by atoms with Gasteiger partial charge in [-0.25, -0.2) is 4.98 Å². The Morgan fingerprint density at radius 1 is 1.40 bits per heavy atom. The number of aromatic nitrogens is 1. The highest BCUT2D eigenvalue weighted by molar-refractivity contribution is 5.95. The van der Waals surface area contributed by atoms with Crippen LogP contribution in [0.25, 0.3) is 0 Å². The molecule has 2 rings (SSSR count). The molecular weight excluding hydrogens is 250 g/mol. The Bertz CT molecular complexity index is 477. The summed E-state index contributed by atoms with van der Waals surface area (Å²) >= 11 is 0. The van der Waals surface area contributed by atoms with Crippen molar-refractivity contribution in [3.63, 3.8) is 0 Å². The van der Waals surface area contributed by atoms with Gasteiger partial charge in [0.2, 0.25) is 0 Å². The maximum absolute atomic E-state index is 12.6. The monoisotopic (exact) mass is 275 g/mol. The van der Waals surface area contributed by atoms with E-state index in [4.69, 9.17) is 5.73 Å². The second-order valence-electron chi connectivity index (χ2n) is 6.00. The summed E-state index contributed by atoms with van der Waals surface area (Å²) < 4.78 is 0. The van der Waals surface area contributed by atoms with Crippen LogP contribution < -0.4 is 5.73 Å². The molecule has 1 aromatic heterocycles. The molecule has 2 heterocycles. The van der Waals surface area contributed by atoms with E-state index in [9.17, 15) is 4.79 Å². The molecule has 1 amide bonds. The van der Waals surface area contributed by atoms with Gasteiger partial charge in [-0.3, -0.25) is 4.79 Å². The number of likely N-dealkylation sites (tertiary alicyclic amines) is 1. The van der Waals surface area contributed by atoms with Crippen molar-refractivity contribution >= 4 is 11.7 Å². The van der Waals surface area contributed by atoms with Gasteiger partial charge in [-0.15, -0.1) is 0 Å². The number of nitrogens with two attached hydrogens (primary N) is 1. The minimum Gasteiger partial charge on any atom is -0.384 e. The Balaban J connectivity index is 2.13. The molecule has 4 nitrogen and oxygen atoms in total. The predicted octanol–water partition coefficient (Wildman–Crippen LogP) is 3.05. The highest BCUT2D eigenvalue weighted by atomic mass is 16.2. The van der Waals surface area contributed by atoms with Gasteiger partial charge < -0.3 is 10.6 Å². The molecule has 110 valence electrons. The van der Waals surface area contributed by atoms with Crippen molar-refractivity contribution < 1.29 is 4.79 Å². The number of carbonyl (C=O) groups is 1. The number of pyridine rings is 1. The minimum absolute atomic E-state index is 0.0931. The maximum Gasteiger partial charge on any atom is 0.254 e. The Morgan fingerprint density at radius 2 is 2.05 bits per heavy atom. The van der Waals surface area contributed by atoms with E-state index in [0.717, 1.165) is 37.5 Å². The van der Waals surface area contributed by atoms with Gasteiger partial charge in [0.15, 0.2) is 0 Å². The van der Waals surface area contributed by atoms with E-state index in [2.05, 4.69) is 25.8 Å². The minimum atomic E-state index is 0.0931. The van der Waals surface area contributed by atoms with Gasteiger partial charge >= 0.3 is 0 Å². The molecule has 0 radical (unpaired) electrons. The summed E-state index contributed by atoms with van der Waals surface area (Å²) in [6, 6.07) is 3.58. The van der Waals surface area contributed by atoms with Gasteiger partial charge in [0, 0.05) is 24.3 Å². The summed E-state index contributed by atoms with van der Waals surface area (Å²) in [6.07, 6.45) is 3.43. The molecule has 1 aliphatic rings. The van der Waals surface area contributed by atoms with Crippen LogP contribution in [0.4, 0.5) is 5.82 Å². The lowest BCUT2D eigenvalue weighted by molar-refractivity contribution is 0.0688. The molecule has 0 atom stereocenters. The van der Waals surface area contributed by atoms with Crippen LogP contribution >= 0.6 is 0 Å². The van der Waals surface area contributed by atoms with Crippen molar-refractivity contribution in [3.05, 3.63) is 23.4 Å². The van der Waals surface area contributed by atoms with Crippen molar-refractivity contribution in [2.45, 2.75) is 46.0 Å². The molecule has 20 heavy (non-hydrogen) atoms. The lowest BCUT2D eigenvalue weighted by Gasteiger charge is -2.31. The van der Waals surface area contributed by atoms with Crippen LogP contribution in [0, 0.1) is 5.92 Å². The molecule has 4 heteroatoms. The smallest absolute Gasteiger partial charge is 0.254 e. The number of anilines is 1. The lowest BCUT2D eigenvalue weighted by Crippen LogP contribution is -2.38. The molecule has 2 N–H and O–H groups in total. The first kappa shape index (κ1) is 14.8. The van der Waals surface area contributed by atoms with Gasteiger partial charge in [-0.1, -0.05) is 27.2 Å². The molecule has 1 aromatic rings. The van der Waals surface area contributed by atoms with Gasteiger partial charge in [0.05, 0.1) is 0 Å². The fourth-order valence-electron chi connectivity index (χ4n) is 2.72. The topological polar surface area (TPSA) is 59.2 Å². The molecule has 0 spiro atoms. The first-order valence-electron chi connectivity index (χ1n) is 7.58. The zero-order valence-corrected chi connectivity index (χ0v) is 12.7. The summed E-state index contributed by atoms with van der Waals surface area (Å²) in [5.41, 5.74) is 7.39. The predicted molar refractivity (Wildman–Crippen MR) is 81.7 cm³/mol. The Morgan fingerprint density at radius 3 is 2.60 bits per heavy atom. The highest BCUT2D eigenvalue weighted by Crippen LogP contribution is 2.23. The average molecular weight is 275 g/mol. The second-order valence-corrected chi connectivity index (χ2v) is 6.00. The normalized spacial score (nSPS) is 16.7. The fourth-order valence-corrected chi connectivity index (χ4v) is 2.72. The number of rotatable bonds is 3. The molecule has 0 saturated carbocycles. The lowest BCUT2D eigenvalue weighted by atomic mass is 9.94. The summed E-state index contributed by atoms with van der Waals surface area (Å²) in [7, 11) is 0. The fraction of sp³-hybridized carbons (Fsp3) is 0.625. The third kappa shape index (κ3) is 3.30. The molecule has 0 bridgehead atoms. The number of amides is 1. The molecule has 1 saturated heterocycles. The van der Waals surface area contributed by atoms with E-state index in [1.165, 1.54) is 6.42 Å². The number of carbonyl (C=O) groups excluding carboxylic acids is 1. The SMILES string of the molecule is CCC1CCN(C(=O)c2cc(N)nc(C(C)C)c2)CC1. The van der Waals surface area contributed by atoms with Gasteiger partial charge in [0.25, 0.3) is 5.91 Å². The third-order valence-corrected chi connectivity index (χ3v) is 4.18. The van der Waals surface area contributed by atoms with E-state index >= 15 is 0 Å². The summed E-state index contributed by atoms with van der Waals surface area (Å²) in [4.78, 5) is 18.8. The van der Waals surface area contributed by atoms with Crippen LogP contribution in [0.5, 0.6) is 0 Å². The summed E-state index contributed by atoms with van der Waals surface area (Å²) in [5.74, 6) is 1.57. The van der Waals surface area contributed by atoms with Gasteiger partial charge in [0.1, 0.15) is 5.82 Å². The molecular formula is C16H25N3O. The van der Waals surface area contributed by atoms with Crippen LogP contribution in [-0.2, 0) is 0 Å². The molecule has 0 unspecified atom stereocenters. The van der Waals surface area contributed by atoms with E-state index in [1.54, 1.807) is 6.07 Å². The summed E-state index contributed by atoms with van der Waals surface area (Å²) in [5, 5.41) is 0. The van der Waals surface area contributed by atoms with Crippen molar-refractivity contribution in [3.8, 4) is 0 Å². The van der Waals surface area contributed by atoms with E-state index in [1.807, 2.05) is 11.0 Å². The first-order chi connectivity index (χ1) is 9.51. The van der Waals surface area contributed by atoms with E-state index in [0.29, 0.717) is 11.4 Å². The standard InChI is InChI=1S/C16H25N3O/c1-4-12-5-7-19(8-6-12)16(20)13-9-14(11(2)3)18-15(17)10-13/h9-12H,4-8H2,1-3H3,(H2,17,18). The van der Waals surface area contributed by atoms with Crippen LogP contribution in [0.15, 0.2) is 12.1 Å². The van der Waals surface area contributed by atoms with Crippen molar-refractivity contribution in [1.82, 2.24) is 9.88 Å². The zero-order valence-electron chi connectivity index (χ0n) is 12.7. The highest BCUT2D eigenvalue weighted by Gasteiger charge is 2.23. The number of hydrogen-bond acceptors (Lipinski definition) is 3. The second kappa shape index (κ2) is 6.25. The van der Waals surface area contributed by atoms with Crippen molar-refractivity contribution in [1.29, 1.82) is 0 Å². The third-order valence-electron chi connectivity index (χ3n) is 4.18. The number of nitrogens with zero attached hydrogens (tertiary/aromatic N) is 2. The van der Waals surface area contributed by atoms with Crippen LogP contribution in [-0.4, -0.2) is 28.9 Å². The number of piperidine rings is 1. The van der Waals surface area contributed by atoms with E-state index < -0.39 is 0 Å². The van der Waals surface area contributed by atoms with Crippen molar-refractivity contribution in [2.75, 3.05) is 18.8 Å². The average Bonchev–Trinajstić information content (AvgIpc) is 2.46. The largest absolute Gasteiger partial charge is 0.384 e. The van der Waals surface area contributed by atoms with Crippen LogP contribution in [0.3, 0.4) is 0 Å². The van der Waals surface area contributed by atoms with E-state index in [-0.39, 0.29) is 11.8 Å². The Kier molecular flexibility index (Phi) is 4.63.